The van der Waals surface area contributed by atoms with E-state index in [0.29, 0.717) is 13.0 Å². The summed E-state index contributed by atoms with van der Waals surface area (Å²) >= 11 is 0. The summed E-state index contributed by atoms with van der Waals surface area (Å²) < 4.78 is 5.46. The van der Waals surface area contributed by atoms with Crippen molar-refractivity contribution in [1.82, 2.24) is 0 Å². The Balaban J connectivity index is 1.91. The SMILES string of the molecule is CCCCCC(=O)COCC1CCCC1. The Morgan fingerprint density at radius 3 is 2.67 bits per heavy atom. The van der Waals surface area contributed by atoms with Crippen LogP contribution in [0, 0.1) is 5.92 Å². The molecule has 1 rings (SSSR count). The molecule has 0 amide bonds. The Labute approximate surface area is 93.4 Å². The quantitative estimate of drug-likeness (QED) is 0.577. The molecule has 2 heteroatoms. The van der Waals surface area contributed by atoms with E-state index in [1.165, 1.54) is 32.1 Å². The number of carbonyl (C=O) groups excluding carboxylic acids is 1. The molecule has 0 atom stereocenters. The van der Waals surface area contributed by atoms with Gasteiger partial charge in [-0.1, -0.05) is 32.6 Å². The summed E-state index contributed by atoms with van der Waals surface area (Å²) in [5.41, 5.74) is 0. The second-order valence-corrected chi connectivity index (χ2v) is 4.66. The van der Waals surface area contributed by atoms with Crippen molar-refractivity contribution in [3.05, 3.63) is 0 Å². The Morgan fingerprint density at radius 1 is 1.27 bits per heavy atom. The van der Waals surface area contributed by atoms with Crippen molar-refractivity contribution >= 4 is 5.78 Å². The fourth-order valence-electron chi connectivity index (χ4n) is 2.16. The lowest BCUT2D eigenvalue weighted by Gasteiger charge is -2.08. The first kappa shape index (κ1) is 12.7. The van der Waals surface area contributed by atoms with E-state index >= 15 is 0 Å². The first-order valence-electron chi connectivity index (χ1n) is 6.42. The molecule has 0 bridgehead atoms. The molecular formula is C13H24O2. The topological polar surface area (TPSA) is 26.3 Å². The summed E-state index contributed by atoms with van der Waals surface area (Å²) in [5.74, 6) is 1.01. The number of unbranched alkanes of at least 4 members (excludes halogenated alkanes) is 2. The Kier molecular flexibility index (Phi) is 6.66. The van der Waals surface area contributed by atoms with E-state index in [1.54, 1.807) is 0 Å². The summed E-state index contributed by atoms with van der Waals surface area (Å²) in [4.78, 5) is 11.4. The predicted molar refractivity (Wildman–Crippen MR) is 61.9 cm³/mol. The van der Waals surface area contributed by atoms with Crippen molar-refractivity contribution in [3.63, 3.8) is 0 Å². The molecule has 0 unspecified atom stereocenters. The molecule has 1 fully saturated rings. The summed E-state index contributed by atoms with van der Waals surface area (Å²) in [6.45, 7) is 3.31. The lowest BCUT2D eigenvalue weighted by Crippen LogP contribution is -2.13. The monoisotopic (exact) mass is 212 g/mol. The second kappa shape index (κ2) is 7.86. The molecule has 1 aliphatic carbocycles. The summed E-state index contributed by atoms with van der Waals surface area (Å²) in [6.07, 6.45) is 9.36. The van der Waals surface area contributed by atoms with Crippen LogP contribution in [-0.4, -0.2) is 19.0 Å². The number of ketones is 1. The molecule has 1 saturated carbocycles. The molecule has 0 heterocycles. The van der Waals surface area contributed by atoms with Crippen LogP contribution in [0.4, 0.5) is 0 Å². The molecular weight excluding hydrogens is 188 g/mol. The zero-order chi connectivity index (χ0) is 10.9. The summed E-state index contributed by atoms with van der Waals surface area (Å²) in [7, 11) is 0. The number of hydrogen-bond donors (Lipinski definition) is 0. The first-order chi connectivity index (χ1) is 7.33. The zero-order valence-corrected chi connectivity index (χ0v) is 9.96. The molecule has 0 radical (unpaired) electrons. The van der Waals surface area contributed by atoms with Crippen molar-refractivity contribution < 1.29 is 9.53 Å². The smallest absolute Gasteiger partial charge is 0.158 e. The third kappa shape index (κ3) is 5.93. The molecule has 0 spiro atoms. The highest BCUT2D eigenvalue weighted by Gasteiger charge is 2.15. The van der Waals surface area contributed by atoms with E-state index in [4.69, 9.17) is 4.74 Å². The van der Waals surface area contributed by atoms with Gasteiger partial charge in [-0.15, -0.1) is 0 Å². The van der Waals surface area contributed by atoms with Gasteiger partial charge in [-0.25, -0.2) is 0 Å². The van der Waals surface area contributed by atoms with Gasteiger partial charge in [0.25, 0.3) is 0 Å². The zero-order valence-electron chi connectivity index (χ0n) is 9.96. The minimum Gasteiger partial charge on any atom is -0.373 e. The van der Waals surface area contributed by atoms with E-state index < -0.39 is 0 Å². The van der Waals surface area contributed by atoms with E-state index in [9.17, 15) is 4.79 Å². The Bertz CT molecular complexity index is 171. The second-order valence-electron chi connectivity index (χ2n) is 4.66. The van der Waals surface area contributed by atoms with E-state index in [-0.39, 0.29) is 5.78 Å². The largest absolute Gasteiger partial charge is 0.373 e. The van der Waals surface area contributed by atoms with Crippen LogP contribution < -0.4 is 0 Å². The van der Waals surface area contributed by atoms with Gasteiger partial charge >= 0.3 is 0 Å². The van der Waals surface area contributed by atoms with Crippen molar-refractivity contribution in [3.8, 4) is 0 Å². The molecule has 15 heavy (non-hydrogen) atoms. The van der Waals surface area contributed by atoms with Crippen molar-refractivity contribution in [2.75, 3.05) is 13.2 Å². The van der Waals surface area contributed by atoms with E-state index in [1.807, 2.05) is 0 Å². The fraction of sp³-hybridized carbons (Fsp3) is 0.923. The van der Waals surface area contributed by atoms with Crippen LogP contribution in [0.1, 0.15) is 58.3 Å². The maximum Gasteiger partial charge on any atom is 0.158 e. The van der Waals surface area contributed by atoms with Crippen LogP contribution in [0.3, 0.4) is 0 Å². The van der Waals surface area contributed by atoms with Gasteiger partial charge in [0.1, 0.15) is 6.61 Å². The Hall–Kier alpha value is -0.370. The van der Waals surface area contributed by atoms with Crippen LogP contribution in [0.25, 0.3) is 0 Å². The third-order valence-corrected chi connectivity index (χ3v) is 3.15. The standard InChI is InChI=1S/C13H24O2/c1-2-3-4-9-13(14)11-15-10-12-7-5-6-8-12/h12H,2-11H2,1H3. The molecule has 0 aromatic rings. The average molecular weight is 212 g/mol. The molecule has 0 aliphatic heterocycles. The molecule has 2 nitrogen and oxygen atoms in total. The van der Waals surface area contributed by atoms with Crippen LogP contribution in [-0.2, 0) is 9.53 Å². The summed E-state index contributed by atoms with van der Waals surface area (Å²) in [5, 5.41) is 0. The van der Waals surface area contributed by atoms with Gasteiger partial charge in [-0.05, 0) is 25.2 Å². The van der Waals surface area contributed by atoms with Crippen molar-refractivity contribution in [1.29, 1.82) is 0 Å². The molecule has 0 N–H and O–H groups in total. The van der Waals surface area contributed by atoms with Crippen molar-refractivity contribution in [2.24, 2.45) is 5.92 Å². The minimum absolute atomic E-state index is 0.279. The highest BCUT2D eigenvalue weighted by Crippen LogP contribution is 2.24. The number of ether oxygens (including phenoxy) is 1. The highest BCUT2D eigenvalue weighted by molar-refractivity contribution is 5.79. The van der Waals surface area contributed by atoms with E-state index in [2.05, 4.69) is 6.92 Å². The predicted octanol–water partition coefficient (Wildman–Crippen LogP) is 3.34. The number of carbonyl (C=O) groups is 1. The maximum absolute atomic E-state index is 11.4. The van der Waals surface area contributed by atoms with E-state index in [0.717, 1.165) is 25.4 Å². The van der Waals surface area contributed by atoms with Crippen LogP contribution in [0.15, 0.2) is 0 Å². The minimum atomic E-state index is 0.279. The fourth-order valence-corrected chi connectivity index (χ4v) is 2.16. The van der Waals surface area contributed by atoms with Gasteiger partial charge in [-0.2, -0.15) is 0 Å². The van der Waals surface area contributed by atoms with Gasteiger partial charge < -0.3 is 4.74 Å². The third-order valence-electron chi connectivity index (χ3n) is 3.15. The van der Waals surface area contributed by atoms with Gasteiger partial charge in [0.15, 0.2) is 5.78 Å². The lowest BCUT2D eigenvalue weighted by atomic mass is 10.1. The number of Topliss-reactive ketones (excluding diaryl/α,β-unsaturated/α-hetero) is 1. The van der Waals surface area contributed by atoms with Gasteiger partial charge in [0, 0.05) is 13.0 Å². The molecule has 88 valence electrons. The average Bonchev–Trinajstić information content (AvgIpc) is 2.71. The Morgan fingerprint density at radius 2 is 2.00 bits per heavy atom. The molecule has 1 aliphatic rings. The van der Waals surface area contributed by atoms with Gasteiger partial charge in [0.05, 0.1) is 0 Å². The highest BCUT2D eigenvalue weighted by atomic mass is 16.5. The van der Waals surface area contributed by atoms with Crippen LogP contribution in [0.2, 0.25) is 0 Å². The number of rotatable bonds is 8. The van der Waals surface area contributed by atoms with Crippen LogP contribution in [0.5, 0.6) is 0 Å². The maximum atomic E-state index is 11.4. The summed E-state index contributed by atoms with van der Waals surface area (Å²) in [6, 6.07) is 0. The first-order valence-corrected chi connectivity index (χ1v) is 6.42. The molecule has 0 aromatic carbocycles. The van der Waals surface area contributed by atoms with Gasteiger partial charge in [0.2, 0.25) is 0 Å². The number of hydrogen-bond acceptors (Lipinski definition) is 2. The van der Waals surface area contributed by atoms with Crippen LogP contribution >= 0.6 is 0 Å². The lowest BCUT2D eigenvalue weighted by molar-refractivity contribution is -0.124. The molecule has 0 aromatic heterocycles. The van der Waals surface area contributed by atoms with Crippen molar-refractivity contribution in [2.45, 2.75) is 58.3 Å². The normalized spacial score (nSPS) is 17.1. The molecule has 0 saturated heterocycles. The van der Waals surface area contributed by atoms with Gasteiger partial charge in [-0.3, -0.25) is 4.79 Å².